The molecule has 0 aliphatic carbocycles. The van der Waals surface area contributed by atoms with Crippen LogP contribution in [0.5, 0.6) is 0 Å². The van der Waals surface area contributed by atoms with Gasteiger partial charge in [0, 0.05) is 24.9 Å². The quantitative estimate of drug-likeness (QED) is 0.351. The Morgan fingerprint density at radius 3 is 2.00 bits per heavy atom. The van der Waals surface area contributed by atoms with Gasteiger partial charge in [-0.1, -0.05) is 6.58 Å². The van der Waals surface area contributed by atoms with Crippen molar-refractivity contribution >= 4 is 24.8 Å². The van der Waals surface area contributed by atoms with Gasteiger partial charge in [0.1, 0.15) is 0 Å². The average Bonchev–Trinajstić information content (AvgIpc) is 1.38. The van der Waals surface area contributed by atoms with Crippen LogP contribution in [0.3, 0.4) is 0 Å². The van der Waals surface area contributed by atoms with Crippen LogP contribution in [0.25, 0.3) is 0 Å². The summed E-state index contributed by atoms with van der Waals surface area (Å²) in [5, 5.41) is 7.60. The van der Waals surface area contributed by atoms with E-state index in [4.69, 9.17) is 5.11 Å². The Morgan fingerprint density at radius 1 is 1.83 bits per heavy atom. The molecule has 0 aliphatic heterocycles. The molecule has 0 atom stereocenters. The SMILES string of the molecule is C=CC(=O)O.[Li]. The van der Waals surface area contributed by atoms with Crippen LogP contribution >= 0.6 is 0 Å². The van der Waals surface area contributed by atoms with Crippen molar-refractivity contribution in [2.75, 3.05) is 0 Å². The van der Waals surface area contributed by atoms with Gasteiger partial charge >= 0.3 is 5.97 Å². The fraction of sp³-hybridized carbons (Fsp3) is 0. The van der Waals surface area contributed by atoms with E-state index < -0.39 is 5.97 Å². The van der Waals surface area contributed by atoms with Gasteiger partial charge in [0.2, 0.25) is 0 Å². The second-order valence-electron chi connectivity index (χ2n) is 0.542. The van der Waals surface area contributed by atoms with Gasteiger partial charge in [-0.05, 0) is 0 Å². The van der Waals surface area contributed by atoms with Crippen LogP contribution in [0, 0.1) is 0 Å². The topological polar surface area (TPSA) is 37.3 Å². The smallest absolute Gasteiger partial charge is 0.327 e. The minimum Gasteiger partial charge on any atom is -0.478 e. The number of hydrogen-bond donors (Lipinski definition) is 1. The first-order valence-electron chi connectivity index (χ1n) is 1.12. The Balaban J connectivity index is 0. The van der Waals surface area contributed by atoms with Gasteiger partial charge in [-0.25, -0.2) is 4.79 Å². The van der Waals surface area contributed by atoms with Crippen LogP contribution in [0.4, 0.5) is 0 Å². The van der Waals surface area contributed by atoms with Crippen molar-refractivity contribution in [3.63, 3.8) is 0 Å². The van der Waals surface area contributed by atoms with E-state index in [2.05, 4.69) is 6.58 Å². The Morgan fingerprint density at radius 2 is 2.00 bits per heavy atom. The van der Waals surface area contributed by atoms with E-state index in [1.165, 1.54) is 0 Å². The Hall–Kier alpha value is -0.193. The molecule has 0 saturated heterocycles. The summed E-state index contributed by atoms with van der Waals surface area (Å²) in [5.41, 5.74) is 0. The largest absolute Gasteiger partial charge is 0.478 e. The molecular weight excluding hydrogens is 75.0 g/mol. The number of carboxylic acids is 1. The van der Waals surface area contributed by atoms with Crippen molar-refractivity contribution in [3.05, 3.63) is 12.7 Å². The van der Waals surface area contributed by atoms with E-state index in [0.29, 0.717) is 0 Å². The third-order valence-corrected chi connectivity index (χ3v) is 0.175. The van der Waals surface area contributed by atoms with Crippen molar-refractivity contribution in [1.29, 1.82) is 0 Å². The second kappa shape index (κ2) is 4.81. The summed E-state index contributed by atoms with van der Waals surface area (Å²) < 4.78 is 0. The molecule has 29 valence electrons. The molecule has 1 N–H and O–H groups in total. The molecule has 0 aromatic rings. The minimum absolute atomic E-state index is 0. The molecule has 0 aromatic carbocycles. The molecule has 0 unspecified atom stereocenters. The van der Waals surface area contributed by atoms with Gasteiger partial charge in [-0.15, -0.1) is 0 Å². The summed E-state index contributed by atoms with van der Waals surface area (Å²) in [6.45, 7) is 2.96. The first kappa shape index (κ1) is 9.26. The summed E-state index contributed by atoms with van der Waals surface area (Å²) in [6, 6.07) is 0. The maximum Gasteiger partial charge on any atom is 0.327 e. The Labute approximate surface area is 48.0 Å². The normalized spacial score (nSPS) is 5.33. The van der Waals surface area contributed by atoms with Gasteiger partial charge in [0.05, 0.1) is 0 Å². The summed E-state index contributed by atoms with van der Waals surface area (Å²) in [4.78, 5) is 9.25. The predicted octanol–water partition coefficient (Wildman–Crippen LogP) is -0.124. The number of aliphatic carboxylic acids is 1. The average molecular weight is 79.0 g/mol. The molecule has 1 radical (unpaired) electrons. The molecule has 0 fully saturated rings. The first-order valence-corrected chi connectivity index (χ1v) is 1.12. The summed E-state index contributed by atoms with van der Waals surface area (Å²) in [5.74, 6) is -0.981. The molecule has 2 nitrogen and oxygen atoms in total. The van der Waals surface area contributed by atoms with E-state index in [-0.39, 0.29) is 18.9 Å². The van der Waals surface area contributed by atoms with Crippen molar-refractivity contribution in [2.24, 2.45) is 0 Å². The Bertz CT molecular complexity index is 59.8. The van der Waals surface area contributed by atoms with Crippen molar-refractivity contribution in [1.82, 2.24) is 0 Å². The van der Waals surface area contributed by atoms with E-state index in [1.54, 1.807) is 0 Å². The number of carboxylic acid groups (broad SMARTS) is 1. The van der Waals surface area contributed by atoms with E-state index in [0.717, 1.165) is 6.08 Å². The van der Waals surface area contributed by atoms with E-state index in [9.17, 15) is 4.79 Å². The maximum atomic E-state index is 9.25. The zero-order valence-electron chi connectivity index (χ0n) is 3.64. The van der Waals surface area contributed by atoms with Crippen molar-refractivity contribution in [3.8, 4) is 0 Å². The molecule has 0 spiro atoms. The predicted molar refractivity (Wildman–Crippen MR) is 23.6 cm³/mol. The van der Waals surface area contributed by atoms with Crippen LogP contribution in [-0.4, -0.2) is 29.9 Å². The molecule has 0 saturated carbocycles. The number of hydrogen-bond acceptors (Lipinski definition) is 1. The number of rotatable bonds is 1. The van der Waals surface area contributed by atoms with Crippen molar-refractivity contribution < 1.29 is 9.90 Å². The van der Waals surface area contributed by atoms with Crippen LogP contribution in [-0.2, 0) is 4.79 Å². The summed E-state index contributed by atoms with van der Waals surface area (Å²) >= 11 is 0. The van der Waals surface area contributed by atoms with Gasteiger partial charge in [-0.2, -0.15) is 0 Å². The zero-order valence-corrected chi connectivity index (χ0v) is 3.64. The van der Waals surface area contributed by atoms with Gasteiger partial charge in [0.25, 0.3) is 0 Å². The molecule has 0 aliphatic rings. The molecule has 0 heterocycles. The third kappa shape index (κ3) is 9.19. The molecule has 0 bridgehead atoms. The molecule has 0 rings (SSSR count). The second-order valence-corrected chi connectivity index (χ2v) is 0.542. The molecule has 3 heteroatoms. The van der Waals surface area contributed by atoms with Crippen LogP contribution < -0.4 is 0 Å². The summed E-state index contributed by atoms with van der Waals surface area (Å²) in [7, 11) is 0. The van der Waals surface area contributed by atoms with Gasteiger partial charge in [0.15, 0.2) is 0 Å². The molecule has 0 aromatic heterocycles. The Kier molecular flexibility index (Phi) is 7.42. The van der Waals surface area contributed by atoms with Crippen LogP contribution in [0.2, 0.25) is 0 Å². The molecule has 6 heavy (non-hydrogen) atoms. The minimum atomic E-state index is -0.981. The van der Waals surface area contributed by atoms with Crippen molar-refractivity contribution in [2.45, 2.75) is 0 Å². The monoisotopic (exact) mass is 79.0 g/mol. The van der Waals surface area contributed by atoms with E-state index >= 15 is 0 Å². The number of carbonyl (C=O) groups is 1. The molecule has 0 amide bonds. The first-order chi connectivity index (χ1) is 2.27. The van der Waals surface area contributed by atoms with Gasteiger partial charge < -0.3 is 5.11 Å². The standard InChI is InChI=1S/C3H4O2.Li/c1-2-3(4)5;/h2H,1H2,(H,4,5);. The fourth-order valence-corrected chi connectivity index (χ4v) is 0. The molecular formula is C3H4LiO2. The maximum absolute atomic E-state index is 9.25. The fourth-order valence-electron chi connectivity index (χ4n) is 0. The van der Waals surface area contributed by atoms with Crippen LogP contribution in [0.15, 0.2) is 12.7 Å². The third-order valence-electron chi connectivity index (χ3n) is 0.175. The van der Waals surface area contributed by atoms with Gasteiger partial charge in [-0.3, -0.25) is 0 Å². The summed E-state index contributed by atoms with van der Waals surface area (Å²) in [6.07, 6.45) is 0.833. The zero-order chi connectivity index (χ0) is 4.28. The van der Waals surface area contributed by atoms with Crippen LogP contribution in [0.1, 0.15) is 0 Å². The van der Waals surface area contributed by atoms with E-state index in [1.807, 2.05) is 0 Å².